The van der Waals surface area contributed by atoms with Gasteiger partial charge in [-0.05, 0) is 38.7 Å². The van der Waals surface area contributed by atoms with Gasteiger partial charge < -0.3 is 9.76 Å². The van der Waals surface area contributed by atoms with Crippen molar-refractivity contribution in [1.29, 1.82) is 0 Å². The van der Waals surface area contributed by atoms with Crippen molar-refractivity contribution >= 4 is 12.9 Å². The van der Waals surface area contributed by atoms with Gasteiger partial charge in [0.05, 0.1) is 11.2 Å². The minimum atomic E-state index is -0.894. The van der Waals surface area contributed by atoms with Gasteiger partial charge in [0.25, 0.3) is 0 Å². The van der Waals surface area contributed by atoms with Gasteiger partial charge in [-0.2, -0.15) is 0 Å². The third-order valence-electron chi connectivity index (χ3n) is 3.74. The van der Waals surface area contributed by atoms with Crippen LogP contribution in [0.4, 0.5) is 0 Å². The van der Waals surface area contributed by atoms with Gasteiger partial charge in [0.15, 0.2) is 0 Å². The number of hydrogen-bond donors (Lipinski definition) is 1. The predicted octanol–water partition coefficient (Wildman–Crippen LogP) is 2.79. The van der Waals surface area contributed by atoms with Crippen molar-refractivity contribution in [2.24, 2.45) is 0 Å². The molecule has 0 bridgehead atoms. The Kier molecular flexibility index (Phi) is 4.53. The molecule has 0 aliphatic heterocycles. The van der Waals surface area contributed by atoms with Crippen molar-refractivity contribution in [1.82, 2.24) is 0 Å². The molecule has 0 spiro atoms. The molecular weight excluding hydrogens is 235 g/mol. The largest absolute Gasteiger partial charge is 0.427 e. The average Bonchev–Trinajstić information content (AvgIpc) is 2.24. The smallest absolute Gasteiger partial charge is 0.330 e. The van der Waals surface area contributed by atoms with Crippen LogP contribution >= 0.6 is 0 Å². The van der Waals surface area contributed by atoms with Crippen LogP contribution in [0.15, 0.2) is 24.3 Å². The third kappa shape index (κ3) is 4.36. The Morgan fingerprint density at radius 2 is 1.37 bits per heavy atom. The lowest BCUT2D eigenvalue weighted by Gasteiger charge is -2.37. The Morgan fingerprint density at radius 1 is 0.895 bits per heavy atom. The molecule has 0 unspecified atom stereocenters. The molecule has 0 saturated carbocycles. The van der Waals surface area contributed by atoms with E-state index in [9.17, 15) is 5.11 Å². The second-order valence-corrected chi connectivity index (χ2v) is 7.18. The summed E-state index contributed by atoms with van der Waals surface area (Å²) in [7, 11) is 1.71. The van der Waals surface area contributed by atoms with Crippen molar-refractivity contribution in [2.45, 2.75) is 65.1 Å². The quantitative estimate of drug-likeness (QED) is 0.844. The van der Waals surface area contributed by atoms with Crippen molar-refractivity contribution < 1.29 is 9.76 Å². The average molecular weight is 261 g/mol. The first-order valence-electron chi connectivity index (χ1n) is 6.77. The molecule has 2 nitrogen and oxygen atoms in total. The monoisotopic (exact) mass is 261 g/mol. The first kappa shape index (κ1) is 16.3. The lowest BCUT2D eigenvalue weighted by atomic mass is 9.80. The summed E-state index contributed by atoms with van der Waals surface area (Å²) in [6.45, 7) is 13.9. The zero-order valence-electron chi connectivity index (χ0n) is 13.2. The molecule has 0 saturated heterocycles. The van der Waals surface area contributed by atoms with E-state index in [0.717, 1.165) is 5.46 Å². The molecule has 1 radical (unpaired) electrons. The maximum absolute atomic E-state index is 10.0. The van der Waals surface area contributed by atoms with Crippen LogP contribution < -0.4 is 5.46 Å². The normalized spacial score (nSPS) is 13.5. The van der Waals surface area contributed by atoms with Crippen LogP contribution in [-0.2, 0) is 10.1 Å². The van der Waals surface area contributed by atoms with E-state index >= 15 is 0 Å². The summed E-state index contributed by atoms with van der Waals surface area (Å²) in [5, 5.41) is 10.0. The highest BCUT2D eigenvalue weighted by atomic mass is 16.5. The van der Waals surface area contributed by atoms with E-state index in [2.05, 4.69) is 32.9 Å². The van der Waals surface area contributed by atoms with Gasteiger partial charge in [-0.3, -0.25) is 0 Å². The van der Waals surface area contributed by atoms with E-state index in [4.69, 9.17) is 4.65 Å². The Hall–Kier alpha value is -0.795. The first-order valence-corrected chi connectivity index (χ1v) is 6.77. The summed E-state index contributed by atoms with van der Waals surface area (Å²) in [5.74, 6) is 0. The lowest BCUT2D eigenvalue weighted by Crippen LogP contribution is -2.49. The van der Waals surface area contributed by atoms with Gasteiger partial charge in [-0.25, -0.2) is 0 Å². The number of rotatable bonds is 4. The maximum atomic E-state index is 10.0. The van der Waals surface area contributed by atoms with Crippen LogP contribution in [-0.4, -0.2) is 23.8 Å². The maximum Gasteiger partial charge on any atom is 0.330 e. The Bertz CT molecular complexity index is 408. The fourth-order valence-corrected chi connectivity index (χ4v) is 1.42. The predicted molar refractivity (Wildman–Crippen MR) is 82.0 cm³/mol. The van der Waals surface area contributed by atoms with Crippen LogP contribution in [0.1, 0.15) is 54.0 Å². The summed E-state index contributed by atoms with van der Waals surface area (Å²) in [4.78, 5) is 0. The summed E-state index contributed by atoms with van der Waals surface area (Å²) in [5.41, 5.74) is 0.938. The van der Waals surface area contributed by atoms with Crippen LogP contribution in [0.3, 0.4) is 0 Å². The second-order valence-electron chi connectivity index (χ2n) is 7.18. The molecule has 0 aliphatic rings. The minimum absolute atomic E-state index is 0.158. The molecular formula is C16H26BO2. The molecule has 105 valence electrons. The summed E-state index contributed by atoms with van der Waals surface area (Å²) in [6.07, 6.45) is 0. The summed E-state index contributed by atoms with van der Waals surface area (Å²) in [6, 6.07) is 8.32. The fourth-order valence-electron chi connectivity index (χ4n) is 1.42. The molecule has 3 heteroatoms. The van der Waals surface area contributed by atoms with Crippen LogP contribution in [0, 0.1) is 0 Å². The number of hydrogen-bond acceptors (Lipinski definition) is 2. The van der Waals surface area contributed by atoms with Gasteiger partial charge >= 0.3 is 7.48 Å². The zero-order valence-corrected chi connectivity index (χ0v) is 13.2. The number of aliphatic hydroxyl groups is 1. The third-order valence-corrected chi connectivity index (χ3v) is 3.74. The lowest BCUT2D eigenvalue weighted by molar-refractivity contribution is -0.0893. The number of benzene rings is 1. The molecule has 0 heterocycles. The van der Waals surface area contributed by atoms with Crippen molar-refractivity contribution in [3.63, 3.8) is 0 Å². The van der Waals surface area contributed by atoms with Crippen LogP contribution in [0.5, 0.6) is 0 Å². The zero-order chi connectivity index (χ0) is 14.9. The Morgan fingerprint density at radius 3 is 1.74 bits per heavy atom. The van der Waals surface area contributed by atoms with Gasteiger partial charge in [-0.15, -0.1) is 0 Å². The highest BCUT2D eigenvalue weighted by Gasteiger charge is 2.35. The molecule has 0 fully saturated rings. The molecule has 0 aliphatic carbocycles. The van der Waals surface area contributed by atoms with Crippen molar-refractivity contribution in [3.8, 4) is 0 Å². The Balaban J connectivity index is 2.70. The fraction of sp³-hybridized carbons (Fsp3) is 0.625. The van der Waals surface area contributed by atoms with Gasteiger partial charge in [0, 0.05) is 0 Å². The summed E-state index contributed by atoms with van der Waals surface area (Å²) < 4.78 is 5.73. The molecule has 19 heavy (non-hydrogen) atoms. The molecule has 1 aromatic rings. The molecule has 0 amide bonds. The van der Waals surface area contributed by atoms with Crippen LogP contribution in [0.25, 0.3) is 0 Å². The van der Waals surface area contributed by atoms with E-state index < -0.39 is 11.2 Å². The topological polar surface area (TPSA) is 29.5 Å². The standard InChI is InChI=1S/C16H26BO2/c1-14(2,3)12-8-10-13(11-9-12)17-19-16(6,7)15(4,5)18/h8-11,18H,1-7H3. The first-order chi connectivity index (χ1) is 8.43. The van der Waals surface area contributed by atoms with E-state index in [-0.39, 0.29) is 5.41 Å². The van der Waals surface area contributed by atoms with E-state index in [1.807, 2.05) is 26.0 Å². The van der Waals surface area contributed by atoms with Gasteiger partial charge in [-0.1, -0.05) is 50.5 Å². The molecule has 1 rings (SSSR count). The molecule has 1 N–H and O–H groups in total. The Labute approximate surface area is 118 Å². The van der Waals surface area contributed by atoms with Crippen molar-refractivity contribution in [3.05, 3.63) is 29.8 Å². The van der Waals surface area contributed by atoms with E-state index in [0.29, 0.717) is 0 Å². The van der Waals surface area contributed by atoms with Crippen LogP contribution in [0.2, 0.25) is 0 Å². The van der Waals surface area contributed by atoms with Gasteiger partial charge in [0.1, 0.15) is 0 Å². The summed E-state index contributed by atoms with van der Waals surface area (Å²) >= 11 is 0. The highest BCUT2D eigenvalue weighted by Crippen LogP contribution is 2.24. The second kappa shape index (κ2) is 5.30. The van der Waals surface area contributed by atoms with E-state index in [1.165, 1.54) is 5.56 Å². The van der Waals surface area contributed by atoms with Crippen molar-refractivity contribution in [2.75, 3.05) is 0 Å². The minimum Gasteiger partial charge on any atom is -0.427 e. The SMILES string of the molecule is CC(C)(C)c1ccc([B]OC(C)(C)C(C)(C)O)cc1. The molecule has 0 atom stereocenters. The molecule has 1 aromatic carbocycles. The van der Waals surface area contributed by atoms with Gasteiger partial charge in [0.2, 0.25) is 0 Å². The van der Waals surface area contributed by atoms with E-state index in [1.54, 1.807) is 21.3 Å². The molecule has 0 aromatic heterocycles. The highest BCUT2D eigenvalue weighted by molar-refractivity contribution is 6.47.